The molecule has 120 valence electrons. The fourth-order valence-corrected chi connectivity index (χ4v) is 2.05. The summed E-state index contributed by atoms with van der Waals surface area (Å²) >= 11 is 0. The molecule has 0 saturated heterocycles. The molecule has 0 N–H and O–H groups in total. The van der Waals surface area contributed by atoms with Gasteiger partial charge in [-0.05, 0) is 30.7 Å². The van der Waals surface area contributed by atoms with Gasteiger partial charge in [0, 0.05) is 19.4 Å². The van der Waals surface area contributed by atoms with Crippen LogP contribution in [0, 0.1) is 0 Å². The summed E-state index contributed by atoms with van der Waals surface area (Å²) in [5.41, 5.74) is 1.55. The summed E-state index contributed by atoms with van der Waals surface area (Å²) in [5.74, 6) is -0.338. The molecule has 1 aromatic carbocycles. The summed E-state index contributed by atoms with van der Waals surface area (Å²) in [4.78, 5) is 27.8. The van der Waals surface area contributed by atoms with Crippen molar-refractivity contribution in [3.05, 3.63) is 53.6 Å². The Morgan fingerprint density at radius 3 is 2.48 bits per heavy atom. The molecule has 6 nitrogen and oxygen atoms in total. The molecule has 0 aliphatic rings. The number of nitrogens with zero attached hydrogens (tertiary/aromatic N) is 2. The SMILES string of the molecule is CCOC(=O)/C(=C\c1ccc(C(=O)OC)cc1)c1nccn1C. The van der Waals surface area contributed by atoms with Gasteiger partial charge in [-0.3, -0.25) is 0 Å². The Morgan fingerprint density at radius 1 is 1.26 bits per heavy atom. The Morgan fingerprint density at radius 2 is 1.96 bits per heavy atom. The van der Waals surface area contributed by atoms with Crippen LogP contribution in [0.2, 0.25) is 0 Å². The highest BCUT2D eigenvalue weighted by Crippen LogP contribution is 2.19. The van der Waals surface area contributed by atoms with Crippen molar-refractivity contribution in [1.29, 1.82) is 0 Å². The molecule has 2 rings (SSSR count). The van der Waals surface area contributed by atoms with Crippen molar-refractivity contribution in [3.63, 3.8) is 0 Å². The fraction of sp³-hybridized carbons (Fsp3) is 0.235. The number of hydrogen-bond donors (Lipinski definition) is 0. The van der Waals surface area contributed by atoms with Crippen molar-refractivity contribution in [2.24, 2.45) is 7.05 Å². The summed E-state index contributed by atoms with van der Waals surface area (Å²) in [6.07, 6.45) is 5.05. The first kappa shape index (κ1) is 16.5. The molecule has 1 heterocycles. The molecule has 1 aromatic heterocycles. The lowest BCUT2D eigenvalue weighted by atomic mass is 10.1. The van der Waals surface area contributed by atoms with Crippen molar-refractivity contribution in [1.82, 2.24) is 9.55 Å². The van der Waals surface area contributed by atoms with Gasteiger partial charge in [0.05, 0.1) is 19.3 Å². The quantitative estimate of drug-likeness (QED) is 0.625. The van der Waals surface area contributed by atoms with Crippen LogP contribution >= 0.6 is 0 Å². The monoisotopic (exact) mass is 314 g/mol. The predicted molar refractivity (Wildman–Crippen MR) is 85.5 cm³/mol. The van der Waals surface area contributed by atoms with Gasteiger partial charge < -0.3 is 14.0 Å². The van der Waals surface area contributed by atoms with Gasteiger partial charge in [0.25, 0.3) is 0 Å². The third-order valence-corrected chi connectivity index (χ3v) is 3.20. The van der Waals surface area contributed by atoms with Crippen LogP contribution < -0.4 is 0 Å². The number of rotatable bonds is 5. The van der Waals surface area contributed by atoms with Crippen LogP contribution in [0.15, 0.2) is 36.7 Å². The number of hydrogen-bond acceptors (Lipinski definition) is 5. The topological polar surface area (TPSA) is 70.4 Å². The minimum atomic E-state index is -0.446. The van der Waals surface area contributed by atoms with Crippen molar-refractivity contribution < 1.29 is 19.1 Å². The number of ether oxygens (including phenoxy) is 2. The lowest BCUT2D eigenvalue weighted by Crippen LogP contribution is -2.10. The van der Waals surface area contributed by atoms with Crippen LogP contribution in [0.5, 0.6) is 0 Å². The van der Waals surface area contributed by atoms with E-state index in [0.717, 1.165) is 5.56 Å². The molecule has 0 saturated carbocycles. The molecule has 0 radical (unpaired) electrons. The molecule has 0 bridgehead atoms. The third-order valence-electron chi connectivity index (χ3n) is 3.20. The van der Waals surface area contributed by atoms with E-state index < -0.39 is 11.9 Å². The molecular formula is C17H18N2O4. The maximum absolute atomic E-state index is 12.2. The third kappa shape index (κ3) is 3.85. The van der Waals surface area contributed by atoms with Crippen molar-refractivity contribution >= 4 is 23.6 Å². The Bertz CT molecular complexity index is 729. The number of carbonyl (C=O) groups excluding carboxylic acids is 2. The zero-order valence-electron chi connectivity index (χ0n) is 13.3. The van der Waals surface area contributed by atoms with Crippen molar-refractivity contribution in [2.75, 3.05) is 13.7 Å². The first-order chi connectivity index (χ1) is 11.1. The van der Waals surface area contributed by atoms with Gasteiger partial charge in [-0.15, -0.1) is 0 Å². The Kier molecular flexibility index (Phi) is 5.30. The van der Waals surface area contributed by atoms with Crippen LogP contribution in [-0.2, 0) is 21.3 Å². The number of esters is 2. The van der Waals surface area contributed by atoms with Gasteiger partial charge >= 0.3 is 11.9 Å². The zero-order valence-corrected chi connectivity index (χ0v) is 13.3. The molecule has 0 unspecified atom stereocenters. The first-order valence-electron chi connectivity index (χ1n) is 7.11. The van der Waals surface area contributed by atoms with Gasteiger partial charge in [0.15, 0.2) is 0 Å². The maximum atomic E-state index is 12.2. The van der Waals surface area contributed by atoms with E-state index in [9.17, 15) is 9.59 Å². The Labute approximate surface area is 134 Å². The number of imidazole rings is 1. The largest absolute Gasteiger partial charge is 0.465 e. The summed E-state index contributed by atoms with van der Waals surface area (Å²) < 4.78 is 11.5. The minimum Gasteiger partial charge on any atom is -0.465 e. The average Bonchev–Trinajstić information content (AvgIpc) is 2.98. The molecule has 0 aliphatic carbocycles. The lowest BCUT2D eigenvalue weighted by Gasteiger charge is -2.07. The number of carbonyl (C=O) groups is 2. The van der Waals surface area contributed by atoms with Gasteiger partial charge in [-0.1, -0.05) is 12.1 Å². The molecule has 6 heteroatoms. The Balaban J connectivity index is 2.39. The van der Waals surface area contributed by atoms with E-state index in [1.807, 2.05) is 0 Å². The summed E-state index contributed by atoms with van der Waals surface area (Å²) in [7, 11) is 3.13. The molecule has 0 fully saturated rings. The molecule has 2 aromatic rings. The van der Waals surface area contributed by atoms with Crippen molar-refractivity contribution in [2.45, 2.75) is 6.92 Å². The van der Waals surface area contributed by atoms with E-state index in [0.29, 0.717) is 17.0 Å². The number of methoxy groups -OCH3 is 1. The second-order valence-corrected chi connectivity index (χ2v) is 4.75. The molecule has 0 atom stereocenters. The number of benzene rings is 1. The molecule has 0 amide bonds. The molecular weight excluding hydrogens is 296 g/mol. The van der Waals surface area contributed by atoms with Gasteiger partial charge in [0.2, 0.25) is 0 Å². The first-order valence-corrected chi connectivity index (χ1v) is 7.11. The van der Waals surface area contributed by atoms with E-state index in [2.05, 4.69) is 9.72 Å². The van der Waals surface area contributed by atoms with E-state index in [1.165, 1.54) is 7.11 Å². The molecule has 0 aliphatic heterocycles. The zero-order chi connectivity index (χ0) is 16.8. The molecule has 0 spiro atoms. The van der Waals surface area contributed by atoms with Crippen LogP contribution in [0.25, 0.3) is 11.6 Å². The second kappa shape index (κ2) is 7.40. The highest BCUT2D eigenvalue weighted by atomic mass is 16.5. The van der Waals surface area contributed by atoms with Gasteiger partial charge in [-0.2, -0.15) is 0 Å². The average molecular weight is 314 g/mol. The predicted octanol–water partition coefficient (Wildman–Crippen LogP) is 2.31. The van der Waals surface area contributed by atoms with E-state index in [1.54, 1.807) is 61.3 Å². The van der Waals surface area contributed by atoms with E-state index in [-0.39, 0.29) is 6.61 Å². The van der Waals surface area contributed by atoms with Crippen LogP contribution in [-0.4, -0.2) is 35.2 Å². The Hall–Kier alpha value is -2.89. The highest BCUT2D eigenvalue weighted by Gasteiger charge is 2.17. The summed E-state index contributed by atoms with van der Waals surface area (Å²) in [6, 6.07) is 6.74. The molecule has 23 heavy (non-hydrogen) atoms. The normalized spacial score (nSPS) is 11.2. The number of aryl methyl sites for hydroxylation is 1. The van der Waals surface area contributed by atoms with Crippen molar-refractivity contribution in [3.8, 4) is 0 Å². The van der Waals surface area contributed by atoms with E-state index >= 15 is 0 Å². The lowest BCUT2D eigenvalue weighted by molar-refractivity contribution is -0.136. The summed E-state index contributed by atoms with van der Waals surface area (Å²) in [6.45, 7) is 2.03. The van der Waals surface area contributed by atoms with Crippen LogP contribution in [0.4, 0.5) is 0 Å². The van der Waals surface area contributed by atoms with Gasteiger partial charge in [-0.25, -0.2) is 14.6 Å². The minimum absolute atomic E-state index is 0.280. The van der Waals surface area contributed by atoms with Crippen LogP contribution in [0.1, 0.15) is 28.7 Å². The van der Waals surface area contributed by atoms with Crippen LogP contribution in [0.3, 0.4) is 0 Å². The standard InChI is InChI=1S/C17H18N2O4/c1-4-23-17(21)14(15-18-9-10-19(15)2)11-12-5-7-13(8-6-12)16(20)22-3/h5-11H,4H2,1-3H3/b14-11-. The maximum Gasteiger partial charge on any atom is 0.341 e. The van der Waals surface area contributed by atoms with E-state index in [4.69, 9.17) is 4.74 Å². The number of aromatic nitrogens is 2. The fourth-order valence-electron chi connectivity index (χ4n) is 2.05. The highest BCUT2D eigenvalue weighted by molar-refractivity contribution is 6.20. The van der Waals surface area contributed by atoms with Gasteiger partial charge in [0.1, 0.15) is 11.4 Å². The summed E-state index contributed by atoms with van der Waals surface area (Å²) in [5, 5.41) is 0. The smallest absolute Gasteiger partial charge is 0.341 e. The second-order valence-electron chi connectivity index (χ2n) is 4.75.